The second-order valence-electron chi connectivity index (χ2n) is 15.5. The zero-order valence-electron chi connectivity index (χ0n) is 31.6. The fourth-order valence-electron chi connectivity index (χ4n) is 8.09. The summed E-state index contributed by atoms with van der Waals surface area (Å²) in [7, 11) is 5.22. The van der Waals surface area contributed by atoms with Crippen LogP contribution in [-0.2, 0) is 38.0 Å². The lowest BCUT2D eigenvalue weighted by Gasteiger charge is -2.48. The van der Waals surface area contributed by atoms with Crippen molar-refractivity contribution >= 4 is 11.8 Å². The highest BCUT2D eigenvalue weighted by Crippen LogP contribution is 2.39. The fraction of sp³-hybridized carbons (Fsp3) is 0.944. The van der Waals surface area contributed by atoms with Gasteiger partial charge in [-0.3, -0.25) is 9.59 Å². The number of esters is 1. The van der Waals surface area contributed by atoms with Gasteiger partial charge in [-0.05, 0) is 61.1 Å². The Morgan fingerprint density at radius 3 is 2.08 bits per heavy atom. The van der Waals surface area contributed by atoms with Crippen LogP contribution < -0.4 is 0 Å². The SMILES string of the molecule is CCC1OC(=O)C(C)C(OC2CC(OC)C(O)C(C)O2)C(C)C(OC2OC(C)CC(N(C)C)C2O)C(C)(O)CC(C)C(=O)C(C)C(O)C1C. The molecule has 3 saturated heterocycles. The van der Waals surface area contributed by atoms with Crippen molar-refractivity contribution in [2.24, 2.45) is 29.6 Å². The van der Waals surface area contributed by atoms with Gasteiger partial charge in [0, 0.05) is 43.2 Å². The molecule has 18 atom stereocenters. The summed E-state index contributed by atoms with van der Waals surface area (Å²) in [6, 6.07) is -0.293. The fourth-order valence-corrected chi connectivity index (χ4v) is 8.09. The summed E-state index contributed by atoms with van der Waals surface area (Å²) < 4.78 is 36.9. The van der Waals surface area contributed by atoms with Gasteiger partial charge in [-0.25, -0.2) is 0 Å². The Kier molecular flexibility index (Phi) is 15.1. The summed E-state index contributed by atoms with van der Waals surface area (Å²) in [4.78, 5) is 29.6. The Balaban J connectivity index is 2.13. The Morgan fingerprint density at radius 2 is 1.51 bits per heavy atom. The standard InChI is InChI=1S/C36H65NO12/c1-13-25-19(4)29(39)20(5)28(38)17(2)16-36(9,43)33(49-35-31(41)24(37(10)11)14-18(3)45-35)21(6)32(22(7)34(42)47-25)48-27-15-26(44-12)30(40)23(8)46-27/h17-27,29-33,35,39-41,43H,13-16H2,1-12H3. The molecular formula is C36H65NO12. The summed E-state index contributed by atoms with van der Waals surface area (Å²) in [5.41, 5.74) is -1.71. The summed E-state index contributed by atoms with van der Waals surface area (Å²) in [5, 5.41) is 45.7. The number of Topliss-reactive ketones (excluding diaryl/α,β-unsaturated/α-hetero) is 1. The molecule has 0 bridgehead atoms. The maximum absolute atomic E-state index is 14.0. The van der Waals surface area contributed by atoms with Gasteiger partial charge in [-0.2, -0.15) is 0 Å². The highest BCUT2D eigenvalue weighted by atomic mass is 16.7. The first kappa shape index (κ1) is 42.2. The number of nitrogens with zero attached hydrogens (tertiary/aromatic N) is 1. The van der Waals surface area contributed by atoms with Crippen molar-refractivity contribution in [3.63, 3.8) is 0 Å². The number of methoxy groups -OCH3 is 1. The molecule has 3 fully saturated rings. The van der Waals surface area contributed by atoms with Crippen LogP contribution in [-0.4, -0.2) is 137 Å². The van der Waals surface area contributed by atoms with Gasteiger partial charge in [-0.1, -0.05) is 34.6 Å². The van der Waals surface area contributed by atoms with Gasteiger partial charge in [0.2, 0.25) is 0 Å². The van der Waals surface area contributed by atoms with Crippen molar-refractivity contribution in [1.29, 1.82) is 0 Å². The molecule has 4 N–H and O–H groups in total. The number of aliphatic hydroxyl groups is 4. The zero-order valence-corrected chi connectivity index (χ0v) is 31.6. The Labute approximate surface area is 292 Å². The lowest BCUT2D eigenvalue weighted by molar-refractivity contribution is -0.311. The van der Waals surface area contributed by atoms with Gasteiger partial charge in [-0.15, -0.1) is 0 Å². The van der Waals surface area contributed by atoms with Crippen LogP contribution in [0.5, 0.6) is 0 Å². The summed E-state index contributed by atoms with van der Waals surface area (Å²) in [6.07, 6.45) is -8.29. The number of rotatable bonds is 7. The van der Waals surface area contributed by atoms with E-state index in [1.165, 1.54) is 7.11 Å². The molecule has 13 nitrogen and oxygen atoms in total. The molecule has 3 aliphatic heterocycles. The first-order chi connectivity index (χ1) is 22.7. The molecule has 49 heavy (non-hydrogen) atoms. The van der Waals surface area contributed by atoms with Crippen LogP contribution in [0.15, 0.2) is 0 Å². The predicted octanol–water partition coefficient (Wildman–Crippen LogP) is 2.28. The van der Waals surface area contributed by atoms with Crippen LogP contribution in [0.4, 0.5) is 0 Å². The van der Waals surface area contributed by atoms with Crippen molar-refractivity contribution < 1.29 is 58.4 Å². The number of hydrogen-bond acceptors (Lipinski definition) is 13. The highest BCUT2D eigenvalue weighted by molar-refractivity contribution is 5.83. The quantitative estimate of drug-likeness (QED) is 0.285. The third kappa shape index (κ3) is 9.79. The third-order valence-electron chi connectivity index (χ3n) is 11.3. The van der Waals surface area contributed by atoms with Gasteiger partial charge in [0.15, 0.2) is 12.6 Å². The van der Waals surface area contributed by atoms with Crippen LogP contribution in [0, 0.1) is 29.6 Å². The largest absolute Gasteiger partial charge is 0.462 e. The molecule has 0 amide bonds. The molecule has 18 unspecified atom stereocenters. The molecule has 0 saturated carbocycles. The van der Waals surface area contributed by atoms with E-state index in [2.05, 4.69) is 0 Å². The number of carbonyl (C=O) groups is 2. The van der Waals surface area contributed by atoms with Crippen LogP contribution in [0.1, 0.15) is 88.0 Å². The Morgan fingerprint density at radius 1 is 0.878 bits per heavy atom. The van der Waals surface area contributed by atoms with E-state index in [4.69, 9.17) is 28.4 Å². The highest BCUT2D eigenvalue weighted by Gasteiger charge is 2.51. The van der Waals surface area contributed by atoms with E-state index in [9.17, 15) is 30.0 Å². The van der Waals surface area contributed by atoms with Crippen molar-refractivity contribution in [3.05, 3.63) is 0 Å². The second-order valence-corrected chi connectivity index (χ2v) is 15.5. The molecule has 3 rings (SSSR count). The predicted molar refractivity (Wildman–Crippen MR) is 180 cm³/mol. The monoisotopic (exact) mass is 703 g/mol. The van der Waals surface area contributed by atoms with E-state index in [1.54, 1.807) is 48.5 Å². The normalized spacial score (nSPS) is 48.2. The second kappa shape index (κ2) is 17.5. The molecule has 3 aliphatic rings. The number of cyclic esters (lactones) is 1. The van der Waals surface area contributed by atoms with Crippen LogP contribution in [0.2, 0.25) is 0 Å². The first-order valence-electron chi connectivity index (χ1n) is 18.1. The Hall–Kier alpha value is -1.26. The van der Waals surface area contributed by atoms with E-state index < -0.39 is 103 Å². The minimum absolute atomic E-state index is 0.0422. The maximum Gasteiger partial charge on any atom is 0.311 e. The van der Waals surface area contributed by atoms with Gasteiger partial charge >= 0.3 is 5.97 Å². The molecule has 0 spiro atoms. The van der Waals surface area contributed by atoms with Crippen molar-refractivity contribution in [3.8, 4) is 0 Å². The van der Waals surface area contributed by atoms with Gasteiger partial charge in [0.1, 0.15) is 24.1 Å². The number of aliphatic hydroxyl groups excluding tert-OH is 3. The van der Waals surface area contributed by atoms with Crippen LogP contribution in [0.25, 0.3) is 0 Å². The van der Waals surface area contributed by atoms with E-state index in [0.717, 1.165) is 0 Å². The van der Waals surface area contributed by atoms with Gasteiger partial charge in [0.05, 0.1) is 48.1 Å². The first-order valence-corrected chi connectivity index (χ1v) is 18.1. The number of ether oxygens (including phenoxy) is 6. The van der Waals surface area contributed by atoms with E-state index >= 15 is 0 Å². The van der Waals surface area contributed by atoms with E-state index in [1.807, 2.05) is 32.8 Å². The number of carbonyl (C=O) groups excluding carboxylic acids is 2. The number of ketones is 1. The summed E-state index contributed by atoms with van der Waals surface area (Å²) in [5.74, 6) is -4.55. The van der Waals surface area contributed by atoms with Crippen molar-refractivity contribution in [1.82, 2.24) is 4.90 Å². The molecule has 13 heteroatoms. The molecule has 286 valence electrons. The molecule has 0 aromatic rings. The topological polar surface area (TPSA) is 174 Å². The molecule has 3 heterocycles. The van der Waals surface area contributed by atoms with E-state index in [0.29, 0.717) is 12.8 Å². The van der Waals surface area contributed by atoms with Crippen LogP contribution >= 0.6 is 0 Å². The van der Waals surface area contributed by atoms with Crippen LogP contribution in [0.3, 0.4) is 0 Å². The van der Waals surface area contributed by atoms with Crippen molar-refractivity contribution in [2.45, 2.75) is 167 Å². The van der Waals surface area contributed by atoms with Gasteiger partial charge in [0.25, 0.3) is 0 Å². The Bertz CT molecular complexity index is 1070. The molecule has 0 aromatic carbocycles. The van der Waals surface area contributed by atoms with Gasteiger partial charge < -0.3 is 53.7 Å². The average Bonchev–Trinajstić information content (AvgIpc) is 3.04. The summed E-state index contributed by atoms with van der Waals surface area (Å²) in [6.45, 7) is 15.6. The maximum atomic E-state index is 14.0. The lowest BCUT2D eigenvalue weighted by atomic mass is 9.74. The molecule has 0 radical (unpaired) electrons. The third-order valence-corrected chi connectivity index (χ3v) is 11.3. The molecular weight excluding hydrogens is 638 g/mol. The van der Waals surface area contributed by atoms with E-state index in [-0.39, 0.29) is 30.8 Å². The van der Waals surface area contributed by atoms with Crippen molar-refractivity contribution in [2.75, 3.05) is 21.2 Å². The minimum atomic E-state index is -1.71. The number of hydrogen-bond donors (Lipinski definition) is 4. The average molecular weight is 704 g/mol. The smallest absolute Gasteiger partial charge is 0.311 e. The lowest BCUT2D eigenvalue weighted by Crippen LogP contribution is -2.60. The summed E-state index contributed by atoms with van der Waals surface area (Å²) >= 11 is 0. The minimum Gasteiger partial charge on any atom is -0.462 e. The number of likely N-dealkylation sites (N-methyl/N-ethyl adjacent to an activating group) is 1. The zero-order chi connectivity index (χ0) is 37.1. The molecule has 0 aliphatic carbocycles. The molecule has 0 aromatic heterocycles.